The van der Waals surface area contributed by atoms with Crippen molar-refractivity contribution in [1.82, 2.24) is 15.4 Å². The molecule has 0 aliphatic heterocycles. The van der Waals surface area contributed by atoms with E-state index < -0.39 is 5.97 Å². The summed E-state index contributed by atoms with van der Waals surface area (Å²) in [5, 5.41) is 21.7. The summed E-state index contributed by atoms with van der Waals surface area (Å²) in [6.07, 6.45) is 0. The number of aryl methyl sites for hydroxylation is 1. The van der Waals surface area contributed by atoms with Gasteiger partial charge in [0.1, 0.15) is 17.0 Å². The van der Waals surface area contributed by atoms with Gasteiger partial charge in [-0.2, -0.15) is 5.26 Å². The van der Waals surface area contributed by atoms with Gasteiger partial charge in [-0.15, -0.1) is 10.2 Å². The number of benzene rings is 3. The molecule has 3 aromatic carbocycles. The highest BCUT2D eigenvalue weighted by atomic mass is 16.5. The molecule has 0 amide bonds. The normalized spacial score (nSPS) is 10.6. The summed E-state index contributed by atoms with van der Waals surface area (Å²) in [5.74, 6) is 0.306. The van der Waals surface area contributed by atoms with Gasteiger partial charge in [-0.3, -0.25) is 0 Å². The van der Waals surface area contributed by atoms with Crippen molar-refractivity contribution >= 4 is 5.97 Å². The molecule has 2 heterocycles. The number of carbonyl (C=O) groups is 1. The van der Waals surface area contributed by atoms with Crippen molar-refractivity contribution in [3.63, 3.8) is 0 Å². The summed E-state index contributed by atoms with van der Waals surface area (Å²) >= 11 is 0. The van der Waals surface area contributed by atoms with Gasteiger partial charge < -0.3 is 13.7 Å². The third kappa shape index (κ3) is 4.30. The molecule has 0 radical (unpaired) electrons. The maximum atomic E-state index is 12.9. The van der Waals surface area contributed by atoms with Crippen LogP contribution in [0.15, 0.2) is 87.8 Å². The number of esters is 1. The fourth-order valence-corrected chi connectivity index (χ4v) is 3.75. The van der Waals surface area contributed by atoms with Gasteiger partial charge in [-0.05, 0) is 24.6 Å². The fraction of sp³-hybridized carbons (Fsp3) is 0.0741. The Kier molecular flexibility index (Phi) is 5.89. The molecule has 0 unspecified atom stereocenters. The summed E-state index contributed by atoms with van der Waals surface area (Å²) in [7, 11) is 0. The molecular weight excluding hydrogens is 444 g/mol. The molecule has 0 spiro atoms. The van der Waals surface area contributed by atoms with Crippen molar-refractivity contribution in [2.24, 2.45) is 0 Å². The van der Waals surface area contributed by atoms with Crippen LogP contribution in [-0.4, -0.2) is 21.3 Å². The number of hydrogen-bond donors (Lipinski definition) is 0. The predicted octanol–water partition coefficient (Wildman–Crippen LogP) is 5.60. The lowest BCUT2D eigenvalue weighted by atomic mass is 9.96. The van der Waals surface area contributed by atoms with Crippen LogP contribution < -0.4 is 0 Å². The molecule has 0 aliphatic carbocycles. The van der Waals surface area contributed by atoms with Crippen molar-refractivity contribution in [3.8, 4) is 39.9 Å². The molecule has 5 aromatic rings. The molecule has 0 aliphatic rings. The predicted molar refractivity (Wildman–Crippen MR) is 126 cm³/mol. The molecule has 8 nitrogen and oxygen atoms in total. The van der Waals surface area contributed by atoms with Gasteiger partial charge >= 0.3 is 5.97 Å². The Hall–Kier alpha value is -5.03. The van der Waals surface area contributed by atoms with Crippen LogP contribution in [0.1, 0.15) is 27.6 Å². The minimum Gasteiger partial charge on any atom is -0.452 e. The summed E-state index contributed by atoms with van der Waals surface area (Å²) in [6.45, 7) is 1.54. The number of hydrogen-bond acceptors (Lipinski definition) is 8. The van der Waals surface area contributed by atoms with Gasteiger partial charge in [-0.1, -0.05) is 71.9 Å². The highest BCUT2D eigenvalue weighted by Gasteiger charge is 2.23. The maximum absolute atomic E-state index is 12.9. The van der Waals surface area contributed by atoms with Gasteiger partial charge in [0.05, 0.1) is 17.2 Å². The topological polar surface area (TPSA) is 115 Å². The molecule has 0 atom stereocenters. The molecule has 0 saturated heterocycles. The second-order valence-electron chi connectivity index (χ2n) is 7.61. The first-order valence-corrected chi connectivity index (χ1v) is 10.8. The molecule has 2 aromatic heterocycles. The van der Waals surface area contributed by atoms with E-state index in [1.165, 1.54) is 0 Å². The third-order valence-corrected chi connectivity index (χ3v) is 5.40. The van der Waals surface area contributed by atoms with Crippen molar-refractivity contribution in [2.75, 3.05) is 0 Å². The average molecular weight is 462 g/mol. The molecule has 170 valence electrons. The van der Waals surface area contributed by atoms with Crippen LogP contribution in [0.3, 0.4) is 0 Å². The number of nitriles is 1. The Bertz CT molecular complexity index is 1550. The standard InChI is InChI=1S/C27H18N4O4/c1-17-24(25(31-35-17)18-9-3-2-4-10-18)26-30-29-23(34-26)16-33-27(32)22-14-8-7-13-21(22)20-12-6-5-11-19(20)15-28/h2-14H,16H2,1H3. The first kappa shape index (κ1) is 21.8. The van der Waals surface area contributed by atoms with E-state index in [2.05, 4.69) is 21.4 Å². The Balaban J connectivity index is 1.37. The van der Waals surface area contributed by atoms with Crippen molar-refractivity contribution in [1.29, 1.82) is 5.26 Å². The summed E-state index contributed by atoms with van der Waals surface area (Å²) in [6, 6.07) is 25.7. The number of ether oxygens (including phenoxy) is 1. The molecule has 8 heteroatoms. The number of rotatable bonds is 6. The number of nitrogens with zero attached hydrogens (tertiary/aromatic N) is 4. The van der Waals surface area contributed by atoms with E-state index in [4.69, 9.17) is 13.7 Å². The zero-order valence-electron chi connectivity index (χ0n) is 18.6. The quantitative estimate of drug-likeness (QED) is 0.300. The van der Waals surface area contributed by atoms with E-state index in [1.807, 2.05) is 36.4 Å². The third-order valence-electron chi connectivity index (χ3n) is 5.40. The minimum atomic E-state index is -0.570. The van der Waals surface area contributed by atoms with Crippen LogP contribution in [0.25, 0.3) is 33.8 Å². The van der Waals surface area contributed by atoms with Gasteiger partial charge in [0.15, 0.2) is 6.61 Å². The molecule has 0 N–H and O–H groups in total. The van der Waals surface area contributed by atoms with Gasteiger partial charge in [-0.25, -0.2) is 4.79 Å². The average Bonchev–Trinajstić information content (AvgIpc) is 3.54. The van der Waals surface area contributed by atoms with E-state index in [0.29, 0.717) is 39.3 Å². The number of aromatic nitrogens is 3. The Morgan fingerprint density at radius 2 is 1.66 bits per heavy atom. The Morgan fingerprint density at radius 1 is 0.943 bits per heavy atom. The van der Waals surface area contributed by atoms with Crippen LogP contribution in [0.2, 0.25) is 0 Å². The molecule has 0 bridgehead atoms. The second kappa shape index (κ2) is 9.45. The fourth-order valence-electron chi connectivity index (χ4n) is 3.75. The first-order valence-electron chi connectivity index (χ1n) is 10.8. The summed E-state index contributed by atoms with van der Waals surface area (Å²) < 4.78 is 16.6. The van der Waals surface area contributed by atoms with E-state index in [-0.39, 0.29) is 18.4 Å². The lowest BCUT2D eigenvalue weighted by molar-refractivity contribution is 0.0439. The Labute approximate surface area is 200 Å². The molecule has 5 rings (SSSR count). The number of carbonyl (C=O) groups excluding carboxylic acids is 1. The van der Waals surface area contributed by atoms with Crippen LogP contribution >= 0.6 is 0 Å². The monoisotopic (exact) mass is 462 g/mol. The van der Waals surface area contributed by atoms with Crippen LogP contribution in [0, 0.1) is 18.3 Å². The van der Waals surface area contributed by atoms with E-state index in [0.717, 1.165) is 5.56 Å². The van der Waals surface area contributed by atoms with Crippen LogP contribution in [0.5, 0.6) is 0 Å². The summed E-state index contributed by atoms with van der Waals surface area (Å²) in [4.78, 5) is 12.9. The zero-order chi connectivity index (χ0) is 24.2. The van der Waals surface area contributed by atoms with Crippen molar-refractivity contribution < 1.29 is 18.5 Å². The van der Waals surface area contributed by atoms with E-state index >= 15 is 0 Å². The van der Waals surface area contributed by atoms with Crippen molar-refractivity contribution in [3.05, 3.63) is 102 Å². The largest absolute Gasteiger partial charge is 0.452 e. The van der Waals surface area contributed by atoms with Crippen LogP contribution in [0.4, 0.5) is 0 Å². The van der Waals surface area contributed by atoms with Crippen LogP contribution in [-0.2, 0) is 11.3 Å². The van der Waals surface area contributed by atoms with E-state index in [1.54, 1.807) is 49.4 Å². The maximum Gasteiger partial charge on any atom is 0.339 e. The smallest absolute Gasteiger partial charge is 0.339 e. The SMILES string of the molecule is Cc1onc(-c2ccccc2)c1-c1nnc(COC(=O)c2ccccc2-c2ccccc2C#N)o1. The lowest BCUT2D eigenvalue weighted by Crippen LogP contribution is -2.07. The molecule has 0 saturated carbocycles. The van der Waals surface area contributed by atoms with Gasteiger partial charge in [0.2, 0.25) is 0 Å². The molecule has 0 fully saturated rings. The second-order valence-corrected chi connectivity index (χ2v) is 7.61. The van der Waals surface area contributed by atoms with Crippen molar-refractivity contribution in [2.45, 2.75) is 13.5 Å². The zero-order valence-corrected chi connectivity index (χ0v) is 18.6. The highest BCUT2D eigenvalue weighted by molar-refractivity contribution is 5.98. The lowest BCUT2D eigenvalue weighted by Gasteiger charge is -2.10. The van der Waals surface area contributed by atoms with Gasteiger partial charge in [0, 0.05) is 11.1 Å². The Morgan fingerprint density at radius 3 is 2.46 bits per heavy atom. The summed E-state index contributed by atoms with van der Waals surface area (Å²) in [5.41, 5.74) is 4.07. The molecular formula is C27H18N4O4. The highest BCUT2D eigenvalue weighted by Crippen LogP contribution is 2.33. The van der Waals surface area contributed by atoms with E-state index in [9.17, 15) is 10.1 Å². The first-order chi connectivity index (χ1) is 17.2. The minimum absolute atomic E-state index is 0.128. The molecule has 35 heavy (non-hydrogen) atoms. The van der Waals surface area contributed by atoms with Gasteiger partial charge in [0.25, 0.3) is 11.8 Å².